The molecule has 2 heterocycles. The van der Waals surface area contributed by atoms with Crippen LogP contribution in [0.25, 0.3) is 0 Å². The Morgan fingerprint density at radius 2 is 2.26 bits per heavy atom. The lowest BCUT2D eigenvalue weighted by Crippen LogP contribution is -2.52. The van der Waals surface area contributed by atoms with E-state index >= 15 is 0 Å². The minimum Gasteiger partial charge on any atom is -0.344 e. The highest BCUT2D eigenvalue weighted by atomic mass is 16.2. The van der Waals surface area contributed by atoms with Gasteiger partial charge in [0.05, 0.1) is 0 Å². The summed E-state index contributed by atoms with van der Waals surface area (Å²) >= 11 is 0. The molecule has 1 aliphatic heterocycles. The number of nitrogens with two attached hydrogens (primary N) is 1. The van der Waals surface area contributed by atoms with Crippen LogP contribution in [0.4, 0.5) is 0 Å². The fourth-order valence-corrected chi connectivity index (χ4v) is 3.06. The van der Waals surface area contributed by atoms with Crippen molar-refractivity contribution >= 4 is 5.91 Å². The minimum atomic E-state index is 0.140. The van der Waals surface area contributed by atoms with Crippen LogP contribution in [0, 0.1) is 0 Å². The Morgan fingerprint density at radius 3 is 2.95 bits per heavy atom. The Labute approximate surface area is 115 Å². The zero-order chi connectivity index (χ0) is 13.8. The van der Waals surface area contributed by atoms with Crippen LogP contribution in [0.3, 0.4) is 0 Å². The Morgan fingerprint density at radius 1 is 1.47 bits per heavy atom. The molecular weight excluding hydrogens is 238 g/mol. The van der Waals surface area contributed by atoms with Crippen molar-refractivity contribution in [2.75, 3.05) is 6.54 Å². The highest BCUT2D eigenvalue weighted by Crippen LogP contribution is 2.24. The summed E-state index contributed by atoms with van der Waals surface area (Å²) in [4.78, 5) is 14.8. The fourth-order valence-electron chi connectivity index (χ4n) is 3.06. The number of carbonyl (C=O) groups is 1. The standard InChI is InChI=1S/C15H25N3O/c1-3-9-17-10-5-8-14(17)15(19)18-12(2)6-4-7-13(18)11-16/h5,8,10,12-13H,3-4,6-7,9,11,16H2,1-2H3. The summed E-state index contributed by atoms with van der Waals surface area (Å²) in [5, 5.41) is 0. The van der Waals surface area contributed by atoms with Gasteiger partial charge in [-0.3, -0.25) is 4.79 Å². The second-order valence-corrected chi connectivity index (χ2v) is 5.47. The molecule has 1 aromatic rings. The van der Waals surface area contributed by atoms with E-state index in [2.05, 4.69) is 18.4 Å². The third-order valence-electron chi connectivity index (χ3n) is 4.05. The molecule has 1 aliphatic rings. The van der Waals surface area contributed by atoms with Crippen LogP contribution in [0.2, 0.25) is 0 Å². The maximum atomic E-state index is 12.8. The van der Waals surface area contributed by atoms with Crippen LogP contribution >= 0.6 is 0 Å². The third-order valence-corrected chi connectivity index (χ3v) is 4.05. The van der Waals surface area contributed by atoms with Crippen LogP contribution in [0.5, 0.6) is 0 Å². The molecule has 2 atom stereocenters. The summed E-state index contributed by atoms with van der Waals surface area (Å²) in [6, 6.07) is 4.36. The Balaban J connectivity index is 2.23. The average molecular weight is 263 g/mol. The van der Waals surface area contributed by atoms with Crippen LogP contribution < -0.4 is 5.73 Å². The summed E-state index contributed by atoms with van der Waals surface area (Å²) in [6.45, 7) is 5.71. The van der Waals surface area contributed by atoms with E-state index in [9.17, 15) is 4.79 Å². The number of hydrogen-bond acceptors (Lipinski definition) is 2. The number of piperidine rings is 1. The van der Waals surface area contributed by atoms with E-state index in [1.807, 2.05) is 23.2 Å². The normalized spacial score (nSPS) is 23.6. The Bertz CT molecular complexity index is 427. The molecule has 1 aromatic heterocycles. The van der Waals surface area contributed by atoms with Gasteiger partial charge in [-0.25, -0.2) is 0 Å². The van der Waals surface area contributed by atoms with Crippen molar-refractivity contribution in [2.24, 2.45) is 5.73 Å². The van der Waals surface area contributed by atoms with Crippen molar-refractivity contribution in [3.63, 3.8) is 0 Å². The molecule has 1 amide bonds. The topological polar surface area (TPSA) is 51.3 Å². The molecule has 106 valence electrons. The summed E-state index contributed by atoms with van der Waals surface area (Å²) in [5.41, 5.74) is 6.64. The zero-order valence-corrected chi connectivity index (χ0v) is 12.0. The van der Waals surface area contributed by atoms with Gasteiger partial charge < -0.3 is 15.2 Å². The number of carbonyl (C=O) groups excluding carboxylic acids is 1. The van der Waals surface area contributed by atoms with Gasteiger partial charge in [0.1, 0.15) is 5.69 Å². The molecule has 0 radical (unpaired) electrons. The quantitative estimate of drug-likeness (QED) is 0.905. The van der Waals surface area contributed by atoms with Gasteiger partial charge >= 0.3 is 0 Å². The fraction of sp³-hybridized carbons (Fsp3) is 0.667. The van der Waals surface area contributed by atoms with Gasteiger partial charge in [-0.1, -0.05) is 6.92 Å². The number of hydrogen-bond donors (Lipinski definition) is 1. The van der Waals surface area contributed by atoms with E-state index in [4.69, 9.17) is 5.73 Å². The van der Waals surface area contributed by atoms with Gasteiger partial charge in [0.25, 0.3) is 5.91 Å². The smallest absolute Gasteiger partial charge is 0.271 e. The van der Waals surface area contributed by atoms with E-state index in [1.54, 1.807) is 0 Å². The second-order valence-electron chi connectivity index (χ2n) is 5.47. The molecule has 4 heteroatoms. The summed E-state index contributed by atoms with van der Waals surface area (Å²) in [7, 11) is 0. The van der Waals surface area contributed by atoms with Crippen molar-refractivity contribution in [1.82, 2.24) is 9.47 Å². The van der Waals surface area contributed by atoms with Crippen molar-refractivity contribution in [2.45, 2.75) is 58.2 Å². The second kappa shape index (κ2) is 6.24. The van der Waals surface area contributed by atoms with Crippen LogP contribution in [0.15, 0.2) is 18.3 Å². The first-order chi connectivity index (χ1) is 9.19. The Hall–Kier alpha value is -1.29. The van der Waals surface area contributed by atoms with Crippen LogP contribution in [-0.2, 0) is 6.54 Å². The molecule has 0 aromatic carbocycles. The maximum absolute atomic E-state index is 12.8. The molecule has 2 unspecified atom stereocenters. The molecule has 2 rings (SSSR count). The average Bonchev–Trinajstić information content (AvgIpc) is 2.86. The van der Waals surface area contributed by atoms with Gasteiger partial charge in [-0.2, -0.15) is 0 Å². The van der Waals surface area contributed by atoms with Gasteiger partial charge in [-0.15, -0.1) is 0 Å². The first-order valence-electron chi connectivity index (χ1n) is 7.36. The summed E-state index contributed by atoms with van der Waals surface area (Å²) in [6.07, 6.45) is 6.30. The molecule has 19 heavy (non-hydrogen) atoms. The van der Waals surface area contributed by atoms with E-state index < -0.39 is 0 Å². The molecule has 0 saturated carbocycles. The van der Waals surface area contributed by atoms with Crippen molar-refractivity contribution in [1.29, 1.82) is 0 Å². The minimum absolute atomic E-state index is 0.140. The van der Waals surface area contributed by atoms with Crippen molar-refractivity contribution < 1.29 is 4.79 Å². The highest BCUT2D eigenvalue weighted by molar-refractivity contribution is 5.93. The number of aryl methyl sites for hydroxylation is 1. The van der Waals surface area contributed by atoms with Gasteiger partial charge in [0.15, 0.2) is 0 Å². The van der Waals surface area contributed by atoms with E-state index in [-0.39, 0.29) is 11.9 Å². The Kier molecular flexibility index (Phi) is 4.64. The number of aromatic nitrogens is 1. The lowest BCUT2D eigenvalue weighted by atomic mass is 9.96. The van der Waals surface area contributed by atoms with Crippen molar-refractivity contribution in [3.8, 4) is 0 Å². The molecule has 2 N–H and O–H groups in total. The lowest BCUT2D eigenvalue weighted by molar-refractivity contribution is 0.0483. The first kappa shape index (κ1) is 14.1. The first-order valence-corrected chi connectivity index (χ1v) is 7.36. The molecule has 0 bridgehead atoms. The zero-order valence-electron chi connectivity index (χ0n) is 12.0. The monoisotopic (exact) mass is 263 g/mol. The SMILES string of the molecule is CCCn1cccc1C(=O)N1C(C)CCCC1CN. The summed E-state index contributed by atoms with van der Waals surface area (Å²) in [5.74, 6) is 0.140. The maximum Gasteiger partial charge on any atom is 0.271 e. The van der Waals surface area contributed by atoms with E-state index in [0.29, 0.717) is 12.6 Å². The predicted molar refractivity (Wildman–Crippen MR) is 77.0 cm³/mol. The van der Waals surface area contributed by atoms with E-state index in [0.717, 1.165) is 31.5 Å². The van der Waals surface area contributed by atoms with Crippen LogP contribution in [-0.4, -0.2) is 34.0 Å². The van der Waals surface area contributed by atoms with Crippen molar-refractivity contribution in [3.05, 3.63) is 24.0 Å². The molecule has 1 saturated heterocycles. The predicted octanol–water partition coefficient (Wildman–Crippen LogP) is 2.24. The molecule has 0 aliphatic carbocycles. The summed E-state index contributed by atoms with van der Waals surface area (Å²) < 4.78 is 2.05. The molecular formula is C15H25N3O. The number of amides is 1. The number of rotatable bonds is 4. The highest BCUT2D eigenvalue weighted by Gasteiger charge is 2.32. The number of likely N-dealkylation sites (tertiary alicyclic amines) is 1. The molecule has 0 spiro atoms. The van der Waals surface area contributed by atoms with Gasteiger partial charge in [-0.05, 0) is 44.7 Å². The largest absolute Gasteiger partial charge is 0.344 e. The lowest BCUT2D eigenvalue weighted by Gasteiger charge is -2.40. The van der Waals surface area contributed by atoms with Gasteiger partial charge in [0, 0.05) is 31.4 Å². The van der Waals surface area contributed by atoms with E-state index in [1.165, 1.54) is 6.42 Å². The van der Waals surface area contributed by atoms with Crippen LogP contribution in [0.1, 0.15) is 50.0 Å². The molecule has 1 fully saturated rings. The molecule has 4 nitrogen and oxygen atoms in total. The third kappa shape index (κ3) is 2.84. The van der Waals surface area contributed by atoms with Gasteiger partial charge in [0.2, 0.25) is 0 Å². The number of nitrogens with zero attached hydrogens (tertiary/aromatic N) is 2.